The Bertz CT molecular complexity index is 632. The number of para-hydroxylation sites is 1. The van der Waals surface area contributed by atoms with Crippen molar-refractivity contribution in [3.8, 4) is 0 Å². The Morgan fingerprint density at radius 3 is 2.90 bits per heavy atom. The summed E-state index contributed by atoms with van der Waals surface area (Å²) in [5, 5.41) is 1.24. The van der Waals surface area contributed by atoms with Crippen molar-refractivity contribution in [3.05, 3.63) is 36.0 Å². The van der Waals surface area contributed by atoms with Crippen LogP contribution in [0.1, 0.15) is 25.3 Å². The van der Waals surface area contributed by atoms with Crippen molar-refractivity contribution in [2.45, 2.75) is 32.2 Å². The smallest absolute Gasteiger partial charge is 0.235 e. The molecule has 2 heterocycles. The fourth-order valence-electron chi connectivity index (χ4n) is 3.17. The van der Waals surface area contributed by atoms with Crippen LogP contribution >= 0.6 is 0 Å². The first kappa shape index (κ1) is 13.2. The molecule has 1 aliphatic heterocycles. The highest BCUT2D eigenvalue weighted by Crippen LogP contribution is 2.25. The third-order valence-corrected chi connectivity index (χ3v) is 4.20. The zero-order chi connectivity index (χ0) is 14.1. The number of fused-ring (bicyclic) bond motifs is 1. The summed E-state index contributed by atoms with van der Waals surface area (Å²) in [6, 6.07) is 8.87. The topological polar surface area (TPSA) is 37.3 Å². The number of amides is 1. The van der Waals surface area contributed by atoms with E-state index in [4.69, 9.17) is 0 Å². The standard InChI is InChI=1S/C16H21N3O/c1-12(20)17-19-11-13(10-14-6-5-9-18(14)2)15-7-3-4-8-16(15)19/h3-4,7-8,11,14H,5-6,9-10H2,1-2H3,(H,17,20)/t14-/m1/s1. The Labute approximate surface area is 119 Å². The van der Waals surface area contributed by atoms with Crippen LogP contribution in [0.3, 0.4) is 0 Å². The summed E-state index contributed by atoms with van der Waals surface area (Å²) in [6.07, 6.45) is 5.66. The molecule has 4 nitrogen and oxygen atoms in total. The first-order valence-corrected chi connectivity index (χ1v) is 7.22. The van der Waals surface area contributed by atoms with Crippen LogP contribution in [0.25, 0.3) is 10.9 Å². The lowest BCUT2D eigenvalue weighted by molar-refractivity contribution is -0.115. The largest absolute Gasteiger partial charge is 0.303 e. The van der Waals surface area contributed by atoms with E-state index in [0.29, 0.717) is 6.04 Å². The SMILES string of the molecule is CC(=O)Nn1cc(C[C@H]2CCCN2C)c2ccccc21. The molecule has 2 aromatic rings. The molecular formula is C16H21N3O. The van der Waals surface area contributed by atoms with Crippen molar-refractivity contribution in [2.24, 2.45) is 0 Å². The van der Waals surface area contributed by atoms with E-state index in [1.54, 1.807) is 6.92 Å². The number of carbonyl (C=O) groups is 1. The Morgan fingerprint density at radius 2 is 2.20 bits per heavy atom. The predicted molar refractivity (Wildman–Crippen MR) is 81.3 cm³/mol. The molecule has 0 aliphatic carbocycles. The van der Waals surface area contributed by atoms with Crippen molar-refractivity contribution in [1.82, 2.24) is 9.58 Å². The van der Waals surface area contributed by atoms with Crippen LogP contribution in [0, 0.1) is 0 Å². The normalized spacial score (nSPS) is 19.6. The maximum Gasteiger partial charge on any atom is 0.235 e. The molecule has 0 radical (unpaired) electrons. The van der Waals surface area contributed by atoms with E-state index in [1.165, 1.54) is 30.3 Å². The Morgan fingerprint density at radius 1 is 1.40 bits per heavy atom. The molecule has 3 rings (SSSR count). The summed E-state index contributed by atoms with van der Waals surface area (Å²) in [5.74, 6) is -0.0460. The lowest BCUT2D eigenvalue weighted by Crippen LogP contribution is -2.26. The van der Waals surface area contributed by atoms with Crippen LogP contribution in [-0.2, 0) is 11.2 Å². The number of rotatable bonds is 3. The number of hydrogen-bond donors (Lipinski definition) is 1. The summed E-state index contributed by atoms with van der Waals surface area (Å²) in [6.45, 7) is 2.73. The zero-order valence-corrected chi connectivity index (χ0v) is 12.1. The minimum atomic E-state index is -0.0460. The van der Waals surface area contributed by atoms with Gasteiger partial charge in [-0.2, -0.15) is 0 Å². The monoisotopic (exact) mass is 271 g/mol. The number of likely N-dealkylation sites (tertiary alicyclic amines) is 1. The number of hydrogen-bond acceptors (Lipinski definition) is 2. The summed E-state index contributed by atoms with van der Waals surface area (Å²) >= 11 is 0. The number of nitrogens with zero attached hydrogens (tertiary/aromatic N) is 2. The number of aromatic nitrogens is 1. The van der Waals surface area contributed by atoms with Gasteiger partial charge in [0.1, 0.15) is 0 Å². The van der Waals surface area contributed by atoms with Crippen LogP contribution in [0.5, 0.6) is 0 Å². The molecule has 1 N–H and O–H groups in total. The average Bonchev–Trinajstić information content (AvgIpc) is 2.96. The molecule has 1 fully saturated rings. The van der Waals surface area contributed by atoms with Gasteiger partial charge in [0.2, 0.25) is 5.91 Å². The predicted octanol–water partition coefficient (Wildman–Crippen LogP) is 2.37. The van der Waals surface area contributed by atoms with E-state index in [2.05, 4.69) is 35.7 Å². The molecule has 0 unspecified atom stereocenters. The molecule has 0 bridgehead atoms. The van der Waals surface area contributed by atoms with Crippen LogP contribution in [0.2, 0.25) is 0 Å². The molecule has 20 heavy (non-hydrogen) atoms. The quantitative estimate of drug-likeness (QED) is 0.930. The molecule has 1 atom stereocenters. The molecule has 1 aliphatic rings. The van der Waals surface area contributed by atoms with Gasteiger partial charge in [-0.15, -0.1) is 0 Å². The number of benzene rings is 1. The van der Waals surface area contributed by atoms with Crippen molar-refractivity contribution in [2.75, 3.05) is 19.0 Å². The van der Waals surface area contributed by atoms with Gasteiger partial charge in [0.25, 0.3) is 0 Å². The highest BCUT2D eigenvalue weighted by Gasteiger charge is 2.22. The minimum absolute atomic E-state index is 0.0460. The van der Waals surface area contributed by atoms with Gasteiger partial charge in [0.05, 0.1) is 5.52 Å². The molecule has 4 heteroatoms. The van der Waals surface area contributed by atoms with Gasteiger partial charge < -0.3 is 4.90 Å². The van der Waals surface area contributed by atoms with Gasteiger partial charge in [-0.3, -0.25) is 14.9 Å². The molecule has 1 amide bonds. The highest BCUT2D eigenvalue weighted by atomic mass is 16.2. The van der Waals surface area contributed by atoms with E-state index >= 15 is 0 Å². The van der Waals surface area contributed by atoms with Gasteiger partial charge in [0, 0.05) is 24.5 Å². The van der Waals surface area contributed by atoms with Gasteiger partial charge in [0.15, 0.2) is 0 Å². The maximum absolute atomic E-state index is 11.3. The van der Waals surface area contributed by atoms with E-state index < -0.39 is 0 Å². The number of carbonyl (C=O) groups excluding carboxylic acids is 1. The van der Waals surface area contributed by atoms with Crippen LogP contribution in [0.4, 0.5) is 0 Å². The first-order chi connectivity index (χ1) is 9.65. The molecule has 1 aromatic heterocycles. The van der Waals surface area contributed by atoms with Crippen molar-refractivity contribution in [3.63, 3.8) is 0 Å². The second kappa shape index (κ2) is 5.29. The molecular weight excluding hydrogens is 250 g/mol. The Balaban J connectivity index is 1.95. The summed E-state index contributed by atoms with van der Waals surface area (Å²) in [4.78, 5) is 13.8. The summed E-state index contributed by atoms with van der Waals surface area (Å²) < 4.78 is 1.85. The fraction of sp³-hybridized carbons (Fsp3) is 0.438. The van der Waals surface area contributed by atoms with Crippen molar-refractivity contribution >= 4 is 16.8 Å². The van der Waals surface area contributed by atoms with Crippen LogP contribution in [-0.4, -0.2) is 35.1 Å². The van der Waals surface area contributed by atoms with Crippen molar-refractivity contribution < 1.29 is 4.79 Å². The Hall–Kier alpha value is -1.81. The summed E-state index contributed by atoms with van der Waals surface area (Å²) in [7, 11) is 2.20. The van der Waals surface area contributed by atoms with E-state index in [0.717, 1.165) is 11.9 Å². The minimum Gasteiger partial charge on any atom is -0.303 e. The lowest BCUT2D eigenvalue weighted by Gasteiger charge is -2.18. The third kappa shape index (κ3) is 2.43. The number of nitrogens with one attached hydrogen (secondary N) is 1. The Kier molecular flexibility index (Phi) is 3.49. The molecule has 106 valence electrons. The van der Waals surface area contributed by atoms with E-state index in [9.17, 15) is 4.79 Å². The van der Waals surface area contributed by atoms with Crippen LogP contribution in [0.15, 0.2) is 30.5 Å². The van der Waals surface area contributed by atoms with E-state index in [1.807, 2.05) is 16.8 Å². The third-order valence-electron chi connectivity index (χ3n) is 4.20. The first-order valence-electron chi connectivity index (χ1n) is 7.22. The molecule has 0 spiro atoms. The lowest BCUT2D eigenvalue weighted by atomic mass is 10.0. The highest BCUT2D eigenvalue weighted by molar-refractivity contribution is 5.88. The molecule has 1 aromatic carbocycles. The zero-order valence-electron chi connectivity index (χ0n) is 12.1. The molecule has 0 saturated carbocycles. The fourth-order valence-corrected chi connectivity index (χ4v) is 3.17. The second-order valence-electron chi connectivity index (χ2n) is 5.69. The maximum atomic E-state index is 11.3. The molecule has 1 saturated heterocycles. The second-order valence-corrected chi connectivity index (χ2v) is 5.69. The van der Waals surface area contributed by atoms with Gasteiger partial charge >= 0.3 is 0 Å². The van der Waals surface area contributed by atoms with Gasteiger partial charge in [-0.25, -0.2) is 0 Å². The van der Waals surface area contributed by atoms with Crippen LogP contribution < -0.4 is 5.43 Å². The van der Waals surface area contributed by atoms with Crippen molar-refractivity contribution in [1.29, 1.82) is 0 Å². The van der Waals surface area contributed by atoms with E-state index in [-0.39, 0.29) is 5.91 Å². The summed E-state index contributed by atoms with van der Waals surface area (Å²) in [5.41, 5.74) is 5.25. The van der Waals surface area contributed by atoms with Gasteiger partial charge in [-0.05, 0) is 44.5 Å². The number of likely N-dealkylation sites (N-methyl/N-ethyl adjacent to an activating group) is 1. The average molecular weight is 271 g/mol. The van der Waals surface area contributed by atoms with Gasteiger partial charge in [-0.1, -0.05) is 18.2 Å².